The van der Waals surface area contributed by atoms with E-state index in [1.807, 2.05) is 55.5 Å². The molecule has 7 heteroatoms. The Bertz CT molecular complexity index is 924. The van der Waals surface area contributed by atoms with Gasteiger partial charge in [-0.05, 0) is 36.8 Å². The molecule has 0 saturated heterocycles. The van der Waals surface area contributed by atoms with Gasteiger partial charge in [-0.2, -0.15) is 0 Å². The third-order valence-electron chi connectivity index (χ3n) is 4.42. The van der Waals surface area contributed by atoms with E-state index in [4.69, 9.17) is 14.5 Å². The fraction of sp³-hybridized carbons (Fsp3) is 0.333. The van der Waals surface area contributed by atoms with Crippen molar-refractivity contribution in [1.29, 1.82) is 0 Å². The molecule has 0 saturated carbocycles. The zero-order chi connectivity index (χ0) is 19.9. The molecular weight excluding hydrogens is 374 g/mol. The minimum Gasteiger partial charge on any atom is -0.497 e. The van der Waals surface area contributed by atoms with Gasteiger partial charge in [-0.25, -0.2) is 4.98 Å². The number of carbonyl (C=O) groups is 1. The molecule has 1 heterocycles. The average Bonchev–Trinajstić information content (AvgIpc) is 3.07. The van der Waals surface area contributed by atoms with Crippen LogP contribution in [0.3, 0.4) is 0 Å². The number of ether oxygens (including phenoxy) is 2. The van der Waals surface area contributed by atoms with Gasteiger partial charge in [-0.15, -0.1) is 0 Å². The Morgan fingerprint density at radius 3 is 2.64 bits per heavy atom. The number of carbonyl (C=O) groups excluding carboxylic acids is 1. The fourth-order valence-electron chi connectivity index (χ4n) is 2.83. The number of benzene rings is 2. The number of fused-ring (bicyclic) bond motifs is 1. The van der Waals surface area contributed by atoms with Gasteiger partial charge >= 0.3 is 0 Å². The number of methoxy groups -OCH3 is 2. The van der Waals surface area contributed by atoms with Gasteiger partial charge in [-0.3, -0.25) is 4.79 Å². The fourth-order valence-corrected chi connectivity index (χ4v) is 3.80. The molecule has 0 spiro atoms. The molecule has 148 valence electrons. The first-order chi connectivity index (χ1) is 13.6. The summed E-state index contributed by atoms with van der Waals surface area (Å²) in [5.41, 5.74) is 3.00. The van der Waals surface area contributed by atoms with Crippen molar-refractivity contribution in [2.24, 2.45) is 0 Å². The summed E-state index contributed by atoms with van der Waals surface area (Å²) in [6.07, 6.45) is 0. The maximum atomic E-state index is 12.6. The van der Waals surface area contributed by atoms with Gasteiger partial charge in [0.1, 0.15) is 5.75 Å². The van der Waals surface area contributed by atoms with E-state index in [9.17, 15) is 4.79 Å². The molecule has 28 heavy (non-hydrogen) atoms. The lowest BCUT2D eigenvalue weighted by Gasteiger charge is -2.13. The van der Waals surface area contributed by atoms with Crippen molar-refractivity contribution in [2.75, 3.05) is 20.8 Å². The molecule has 1 unspecified atom stereocenters. The van der Waals surface area contributed by atoms with Crippen LogP contribution in [0.1, 0.15) is 12.5 Å². The zero-order valence-electron chi connectivity index (χ0n) is 16.3. The van der Waals surface area contributed by atoms with Crippen molar-refractivity contribution in [2.45, 2.75) is 30.4 Å². The van der Waals surface area contributed by atoms with E-state index < -0.39 is 0 Å². The molecule has 1 N–H and O–H groups in total. The van der Waals surface area contributed by atoms with E-state index in [-0.39, 0.29) is 11.2 Å². The highest BCUT2D eigenvalue weighted by Gasteiger charge is 2.19. The van der Waals surface area contributed by atoms with Gasteiger partial charge in [0, 0.05) is 20.2 Å². The third-order valence-corrected chi connectivity index (χ3v) is 5.51. The van der Waals surface area contributed by atoms with Crippen LogP contribution >= 0.6 is 11.8 Å². The van der Waals surface area contributed by atoms with Crippen molar-refractivity contribution in [1.82, 2.24) is 14.9 Å². The molecule has 3 aromatic rings. The second-order valence-corrected chi connectivity index (χ2v) is 7.66. The van der Waals surface area contributed by atoms with Crippen LogP contribution in [-0.4, -0.2) is 41.5 Å². The lowest BCUT2D eigenvalue weighted by atomic mass is 10.2. The minimum atomic E-state index is -0.267. The van der Waals surface area contributed by atoms with Gasteiger partial charge in [0.05, 0.1) is 30.0 Å². The van der Waals surface area contributed by atoms with Crippen LogP contribution in [0.15, 0.2) is 53.7 Å². The number of nitrogens with zero attached hydrogens (tertiary/aromatic N) is 2. The third kappa shape index (κ3) is 4.85. The first kappa shape index (κ1) is 20.2. The van der Waals surface area contributed by atoms with Gasteiger partial charge in [0.15, 0.2) is 5.16 Å². The molecular formula is C21H25N3O3S. The van der Waals surface area contributed by atoms with E-state index in [0.717, 1.165) is 27.5 Å². The van der Waals surface area contributed by atoms with Crippen LogP contribution in [0, 0.1) is 0 Å². The molecule has 2 aromatic carbocycles. The number of para-hydroxylation sites is 2. The highest BCUT2D eigenvalue weighted by molar-refractivity contribution is 8.00. The van der Waals surface area contributed by atoms with Crippen molar-refractivity contribution in [3.8, 4) is 5.75 Å². The minimum absolute atomic E-state index is 0.0221. The maximum Gasteiger partial charge on any atom is 0.233 e. The summed E-state index contributed by atoms with van der Waals surface area (Å²) in [6.45, 7) is 3.66. The molecule has 0 aliphatic rings. The van der Waals surface area contributed by atoms with Crippen molar-refractivity contribution >= 4 is 28.7 Å². The van der Waals surface area contributed by atoms with Crippen LogP contribution < -0.4 is 10.1 Å². The predicted molar refractivity (Wildman–Crippen MR) is 112 cm³/mol. The Labute approximate surface area is 169 Å². The molecule has 1 atom stereocenters. The Hall–Kier alpha value is -2.51. The average molecular weight is 400 g/mol. The van der Waals surface area contributed by atoms with Crippen molar-refractivity contribution in [3.05, 3.63) is 54.1 Å². The summed E-state index contributed by atoms with van der Waals surface area (Å²) in [4.78, 5) is 17.3. The number of hydrogen-bond acceptors (Lipinski definition) is 5. The highest BCUT2D eigenvalue weighted by Crippen LogP contribution is 2.27. The SMILES string of the molecule is COCCn1c(SC(C)C(=O)NCc2ccc(OC)cc2)nc2ccccc21. The maximum absolute atomic E-state index is 12.6. The monoisotopic (exact) mass is 399 g/mol. The molecule has 1 aromatic heterocycles. The largest absolute Gasteiger partial charge is 0.497 e. The summed E-state index contributed by atoms with van der Waals surface area (Å²) in [7, 11) is 3.32. The smallest absolute Gasteiger partial charge is 0.233 e. The van der Waals surface area contributed by atoms with Gasteiger partial charge < -0.3 is 19.4 Å². The molecule has 0 aliphatic carbocycles. The second kappa shape index (κ2) is 9.61. The van der Waals surface area contributed by atoms with E-state index in [1.165, 1.54) is 11.8 Å². The Morgan fingerprint density at radius 1 is 1.18 bits per heavy atom. The standard InChI is InChI=1S/C21H25N3O3S/c1-15(20(25)22-14-16-8-10-17(27-3)11-9-16)28-21-23-18-6-4-5-7-19(18)24(21)12-13-26-2/h4-11,15H,12-14H2,1-3H3,(H,22,25). The van der Waals surface area contributed by atoms with Crippen LogP contribution in [-0.2, 0) is 22.6 Å². The number of rotatable bonds is 9. The molecule has 0 radical (unpaired) electrons. The Kier molecular flexibility index (Phi) is 6.95. The number of thioether (sulfide) groups is 1. The molecule has 0 fully saturated rings. The zero-order valence-corrected chi connectivity index (χ0v) is 17.2. The topological polar surface area (TPSA) is 65.4 Å². The van der Waals surface area contributed by atoms with E-state index >= 15 is 0 Å². The van der Waals surface area contributed by atoms with E-state index in [0.29, 0.717) is 19.7 Å². The lowest BCUT2D eigenvalue weighted by Crippen LogP contribution is -2.30. The van der Waals surface area contributed by atoms with Crippen molar-refractivity contribution < 1.29 is 14.3 Å². The molecule has 0 bridgehead atoms. The Balaban J connectivity index is 1.65. The predicted octanol–water partition coefficient (Wildman–Crippen LogP) is 3.49. The number of imidazole rings is 1. The highest BCUT2D eigenvalue weighted by atomic mass is 32.2. The quantitative estimate of drug-likeness (QED) is 0.558. The van der Waals surface area contributed by atoms with Crippen LogP contribution in [0.4, 0.5) is 0 Å². The lowest BCUT2D eigenvalue weighted by molar-refractivity contribution is -0.120. The first-order valence-electron chi connectivity index (χ1n) is 9.14. The molecule has 1 amide bonds. The normalized spacial score (nSPS) is 12.1. The van der Waals surface area contributed by atoms with E-state index in [1.54, 1.807) is 14.2 Å². The second-order valence-electron chi connectivity index (χ2n) is 6.35. The number of aromatic nitrogens is 2. The summed E-state index contributed by atoms with van der Waals surface area (Å²) in [5, 5.41) is 3.55. The summed E-state index contributed by atoms with van der Waals surface area (Å²) >= 11 is 1.46. The van der Waals surface area contributed by atoms with Gasteiger partial charge in [0.2, 0.25) is 5.91 Å². The number of amides is 1. The van der Waals surface area contributed by atoms with Crippen LogP contribution in [0.25, 0.3) is 11.0 Å². The molecule has 3 rings (SSSR count). The Morgan fingerprint density at radius 2 is 1.93 bits per heavy atom. The first-order valence-corrected chi connectivity index (χ1v) is 10.0. The van der Waals surface area contributed by atoms with Gasteiger partial charge in [-0.1, -0.05) is 36.0 Å². The summed E-state index contributed by atoms with van der Waals surface area (Å²) in [5.74, 6) is 0.778. The summed E-state index contributed by atoms with van der Waals surface area (Å²) < 4.78 is 12.5. The molecule has 0 aliphatic heterocycles. The number of nitrogens with one attached hydrogen (secondary N) is 1. The molecule has 6 nitrogen and oxygen atoms in total. The van der Waals surface area contributed by atoms with Crippen LogP contribution in [0.2, 0.25) is 0 Å². The van der Waals surface area contributed by atoms with E-state index in [2.05, 4.69) is 9.88 Å². The number of hydrogen-bond donors (Lipinski definition) is 1. The van der Waals surface area contributed by atoms with Crippen LogP contribution in [0.5, 0.6) is 5.75 Å². The van der Waals surface area contributed by atoms with Crippen molar-refractivity contribution in [3.63, 3.8) is 0 Å². The van der Waals surface area contributed by atoms with Gasteiger partial charge in [0.25, 0.3) is 0 Å². The summed E-state index contributed by atoms with van der Waals surface area (Å²) in [6, 6.07) is 15.6.